The highest BCUT2D eigenvalue weighted by Crippen LogP contribution is 2.26. The number of likely N-dealkylation sites (N-methyl/N-ethyl adjacent to an activating group) is 1. The van der Waals surface area contributed by atoms with Crippen LogP contribution >= 0.6 is 11.3 Å². The summed E-state index contributed by atoms with van der Waals surface area (Å²) < 4.78 is 1.84. The van der Waals surface area contributed by atoms with Gasteiger partial charge >= 0.3 is 0 Å². The Morgan fingerprint density at radius 1 is 1.45 bits per heavy atom. The first-order valence-electron chi connectivity index (χ1n) is 7.46. The first kappa shape index (κ1) is 16.7. The predicted molar refractivity (Wildman–Crippen MR) is 90.5 cm³/mol. The second kappa shape index (κ2) is 7.07. The number of aryl methyl sites for hydroxylation is 2. The fourth-order valence-corrected chi connectivity index (χ4v) is 3.63. The van der Waals surface area contributed by atoms with Gasteiger partial charge < -0.3 is 10.2 Å². The van der Waals surface area contributed by atoms with E-state index in [0.717, 1.165) is 12.2 Å². The maximum absolute atomic E-state index is 12.4. The van der Waals surface area contributed by atoms with Crippen LogP contribution in [0.5, 0.6) is 0 Å². The first-order chi connectivity index (χ1) is 10.5. The number of amides is 1. The van der Waals surface area contributed by atoms with E-state index in [2.05, 4.69) is 33.7 Å². The average Bonchev–Trinajstić information content (AvgIpc) is 3.05. The maximum Gasteiger partial charge on any atom is 0.254 e. The molecule has 6 heteroatoms. The molecule has 120 valence electrons. The van der Waals surface area contributed by atoms with Crippen LogP contribution in [0, 0.1) is 13.8 Å². The van der Waals surface area contributed by atoms with Crippen LogP contribution in [0.15, 0.2) is 17.6 Å². The normalized spacial score (nSPS) is 12.6. The van der Waals surface area contributed by atoms with Crippen molar-refractivity contribution >= 4 is 17.2 Å². The van der Waals surface area contributed by atoms with Gasteiger partial charge in [-0.2, -0.15) is 5.10 Å². The van der Waals surface area contributed by atoms with E-state index in [1.165, 1.54) is 10.4 Å². The molecule has 0 aliphatic carbocycles. The molecule has 1 N–H and O–H groups in total. The Morgan fingerprint density at radius 3 is 2.68 bits per heavy atom. The highest BCUT2D eigenvalue weighted by molar-refractivity contribution is 7.10. The molecular formula is C16H24N4OS. The summed E-state index contributed by atoms with van der Waals surface area (Å²) in [6.07, 6.45) is 1.65. The molecule has 22 heavy (non-hydrogen) atoms. The highest BCUT2D eigenvalue weighted by Gasteiger charge is 2.20. The Balaban J connectivity index is 2.08. The number of thiophene rings is 1. The maximum atomic E-state index is 12.4. The van der Waals surface area contributed by atoms with Gasteiger partial charge in [0.05, 0.1) is 17.8 Å². The summed E-state index contributed by atoms with van der Waals surface area (Å²) in [6, 6.07) is 2.30. The Kier molecular flexibility index (Phi) is 5.37. The van der Waals surface area contributed by atoms with Crippen LogP contribution in [0.25, 0.3) is 0 Å². The lowest BCUT2D eigenvalue weighted by Crippen LogP contribution is -2.34. The van der Waals surface area contributed by atoms with Gasteiger partial charge in [0.1, 0.15) is 0 Å². The first-order valence-corrected chi connectivity index (χ1v) is 8.34. The Bertz CT molecular complexity index is 644. The SMILES string of the molecule is CCn1ncc(C(=O)NC[C@H](c2sccc2C)N(C)C)c1C. The lowest BCUT2D eigenvalue weighted by Gasteiger charge is -2.24. The minimum Gasteiger partial charge on any atom is -0.350 e. The molecule has 2 heterocycles. The zero-order valence-electron chi connectivity index (χ0n) is 13.9. The van der Waals surface area contributed by atoms with Gasteiger partial charge in [-0.1, -0.05) is 0 Å². The quantitative estimate of drug-likeness (QED) is 0.890. The van der Waals surface area contributed by atoms with E-state index >= 15 is 0 Å². The van der Waals surface area contributed by atoms with Gasteiger partial charge in [0.15, 0.2) is 0 Å². The third-order valence-corrected chi connectivity index (χ3v) is 5.05. The molecule has 0 aliphatic rings. The molecule has 5 nitrogen and oxygen atoms in total. The van der Waals surface area contributed by atoms with E-state index < -0.39 is 0 Å². The zero-order chi connectivity index (χ0) is 16.3. The van der Waals surface area contributed by atoms with Gasteiger partial charge in [-0.05, 0) is 51.9 Å². The summed E-state index contributed by atoms with van der Waals surface area (Å²) in [5.74, 6) is -0.0572. The van der Waals surface area contributed by atoms with E-state index in [9.17, 15) is 4.79 Å². The molecule has 0 spiro atoms. The van der Waals surface area contributed by atoms with Crippen molar-refractivity contribution in [2.75, 3.05) is 20.6 Å². The van der Waals surface area contributed by atoms with Crippen molar-refractivity contribution in [1.29, 1.82) is 0 Å². The Morgan fingerprint density at radius 2 is 2.18 bits per heavy atom. The minimum atomic E-state index is -0.0572. The predicted octanol–water partition coefficient (Wildman–Crippen LogP) is 2.61. The van der Waals surface area contributed by atoms with Crippen LogP contribution in [-0.2, 0) is 6.54 Å². The molecule has 0 saturated carbocycles. The number of carbonyl (C=O) groups excluding carboxylic acids is 1. The topological polar surface area (TPSA) is 50.2 Å². The van der Waals surface area contributed by atoms with Crippen LogP contribution < -0.4 is 5.32 Å². The number of nitrogens with zero attached hydrogens (tertiary/aromatic N) is 3. The van der Waals surface area contributed by atoms with E-state index in [4.69, 9.17) is 0 Å². The third kappa shape index (κ3) is 3.39. The van der Waals surface area contributed by atoms with Gasteiger partial charge in [0.25, 0.3) is 5.91 Å². The molecule has 2 aromatic rings. The van der Waals surface area contributed by atoms with Crippen molar-refractivity contribution in [2.45, 2.75) is 33.4 Å². The van der Waals surface area contributed by atoms with Crippen LogP contribution in [0.1, 0.15) is 39.5 Å². The fourth-order valence-electron chi connectivity index (χ4n) is 2.51. The monoisotopic (exact) mass is 320 g/mol. The summed E-state index contributed by atoms with van der Waals surface area (Å²) in [6.45, 7) is 7.42. The van der Waals surface area contributed by atoms with E-state index in [-0.39, 0.29) is 11.9 Å². The van der Waals surface area contributed by atoms with E-state index in [1.54, 1.807) is 17.5 Å². The second-order valence-electron chi connectivity index (χ2n) is 5.62. The molecular weight excluding hydrogens is 296 g/mol. The summed E-state index contributed by atoms with van der Waals surface area (Å²) in [5, 5.41) is 9.37. The number of carbonyl (C=O) groups is 1. The molecule has 1 atom stereocenters. The fraction of sp³-hybridized carbons (Fsp3) is 0.500. The second-order valence-corrected chi connectivity index (χ2v) is 6.56. The molecule has 0 aliphatic heterocycles. The van der Waals surface area contributed by atoms with Crippen LogP contribution in [-0.4, -0.2) is 41.2 Å². The van der Waals surface area contributed by atoms with Crippen molar-refractivity contribution < 1.29 is 4.79 Å². The third-order valence-electron chi connectivity index (χ3n) is 3.93. The lowest BCUT2D eigenvalue weighted by molar-refractivity contribution is 0.0941. The van der Waals surface area contributed by atoms with Crippen LogP contribution in [0.3, 0.4) is 0 Å². The smallest absolute Gasteiger partial charge is 0.254 e. The standard InChI is InChI=1S/C16H24N4OS/c1-6-20-12(3)13(9-18-20)16(21)17-10-14(19(4)5)15-11(2)7-8-22-15/h7-9,14H,6,10H2,1-5H3,(H,17,21)/t14-/m1/s1. The summed E-state index contributed by atoms with van der Waals surface area (Å²) in [7, 11) is 4.08. The molecule has 0 bridgehead atoms. The summed E-state index contributed by atoms with van der Waals surface area (Å²) in [5.41, 5.74) is 2.84. The number of nitrogens with one attached hydrogen (secondary N) is 1. The van der Waals surface area contributed by atoms with Crippen molar-refractivity contribution in [3.05, 3.63) is 39.3 Å². The van der Waals surface area contributed by atoms with E-state index in [0.29, 0.717) is 12.1 Å². The number of hydrogen-bond acceptors (Lipinski definition) is 4. The van der Waals surface area contributed by atoms with Crippen molar-refractivity contribution in [3.63, 3.8) is 0 Å². The van der Waals surface area contributed by atoms with Gasteiger partial charge in [-0.3, -0.25) is 9.48 Å². The van der Waals surface area contributed by atoms with Crippen molar-refractivity contribution in [1.82, 2.24) is 20.0 Å². The molecule has 0 radical (unpaired) electrons. The van der Waals surface area contributed by atoms with E-state index in [1.807, 2.05) is 32.6 Å². The van der Waals surface area contributed by atoms with Crippen molar-refractivity contribution in [2.24, 2.45) is 0 Å². The van der Waals surface area contributed by atoms with Crippen molar-refractivity contribution in [3.8, 4) is 0 Å². The number of aromatic nitrogens is 2. The van der Waals surface area contributed by atoms with Gasteiger partial charge in [-0.15, -0.1) is 11.3 Å². The Labute approximate surface area is 135 Å². The number of hydrogen-bond donors (Lipinski definition) is 1. The van der Waals surface area contributed by atoms with Crippen LogP contribution in [0.4, 0.5) is 0 Å². The number of rotatable bonds is 6. The highest BCUT2D eigenvalue weighted by atomic mass is 32.1. The summed E-state index contributed by atoms with van der Waals surface area (Å²) >= 11 is 1.73. The van der Waals surface area contributed by atoms with Crippen LogP contribution in [0.2, 0.25) is 0 Å². The zero-order valence-corrected chi connectivity index (χ0v) is 14.7. The molecule has 0 fully saturated rings. The molecule has 2 rings (SSSR count). The minimum absolute atomic E-state index is 0.0572. The molecule has 0 unspecified atom stereocenters. The Hall–Kier alpha value is -1.66. The molecule has 0 aromatic carbocycles. The average molecular weight is 320 g/mol. The van der Waals surface area contributed by atoms with Gasteiger partial charge in [0, 0.05) is 23.7 Å². The van der Waals surface area contributed by atoms with Gasteiger partial charge in [0.2, 0.25) is 0 Å². The summed E-state index contributed by atoms with van der Waals surface area (Å²) in [4.78, 5) is 15.8. The molecule has 0 saturated heterocycles. The molecule has 2 aromatic heterocycles. The largest absolute Gasteiger partial charge is 0.350 e. The molecule has 1 amide bonds. The lowest BCUT2D eigenvalue weighted by atomic mass is 10.1. The van der Waals surface area contributed by atoms with Gasteiger partial charge in [-0.25, -0.2) is 0 Å².